The highest BCUT2D eigenvalue weighted by Crippen LogP contribution is 2.66. The molecule has 3 aromatic heterocycles. The predicted octanol–water partition coefficient (Wildman–Crippen LogP) is 5.54. The molecule has 3 heterocycles. The van der Waals surface area contributed by atoms with Crippen molar-refractivity contribution < 1.29 is 23.1 Å². The fraction of sp³-hybridized carbons (Fsp3) is 0.405. The number of rotatable bonds is 14. The number of anilines is 1. The number of sulfonamides is 1. The lowest BCUT2D eigenvalue weighted by molar-refractivity contribution is -0.119. The van der Waals surface area contributed by atoms with Crippen LogP contribution in [0.5, 0.6) is 5.88 Å². The van der Waals surface area contributed by atoms with E-state index in [4.69, 9.17) is 14.7 Å². The lowest BCUT2D eigenvalue weighted by Gasteiger charge is -2.63. The second-order valence-corrected chi connectivity index (χ2v) is 16.2. The van der Waals surface area contributed by atoms with Gasteiger partial charge in [-0.15, -0.1) is 0 Å². The number of hydrogen-bond acceptors (Lipinski definition) is 10. The molecule has 14 heteroatoms. The highest BCUT2D eigenvalue weighted by Gasteiger charge is 2.56. The predicted molar refractivity (Wildman–Crippen MR) is 190 cm³/mol. The van der Waals surface area contributed by atoms with E-state index in [0.29, 0.717) is 29.2 Å². The van der Waals surface area contributed by atoms with Crippen LogP contribution < -0.4 is 14.8 Å². The Morgan fingerprint density at radius 2 is 1.78 bits per heavy atom. The summed E-state index contributed by atoms with van der Waals surface area (Å²) in [5.74, 6) is 1.18. The van der Waals surface area contributed by atoms with E-state index >= 15 is 0 Å². The van der Waals surface area contributed by atoms with Crippen molar-refractivity contribution in [1.29, 1.82) is 0 Å². The molecule has 13 nitrogen and oxygen atoms in total. The summed E-state index contributed by atoms with van der Waals surface area (Å²) < 4.78 is 37.8. The Hall–Kier alpha value is -4.95. The van der Waals surface area contributed by atoms with Gasteiger partial charge in [-0.05, 0) is 93.0 Å². The third kappa shape index (κ3) is 6.65. The van der Waals surface area contributed by atoms with E-state index in [-0.39, 0.29) is 34.9 Å². The van der Waals surface area contributed by atoms with Crippen LogP contribution in [0.3, 0.4) is 0 Å². The van der Waals surface area contributed by atoms with E-state index in [9.17, 15) is 18.3 Å². The number of ether oxygens (including phenoxy) is 1. The number of aromatic carboxylic acids is 1. The summed E-state index contributed by atoms with van der Waals surface area (Å²) in [4.78, 5) is 34.6. The molecule has 0 radical (unpaired) electrons. The first-order valence-electron chi connectivity index (χ1n) is 17.3. The quantitative estimate of drug-likeness (QED) is 0.132. The number of carbonyl (C=O) groups is 1. The lowest BCUT2D eigenvalue weighted by Crippen LogP contribution is -2.55. The van der Waals surface area contributed by atoms with Gasteiger partial charge >= 0.3 is 5.97 Å². The van der Waals surface area contributed by atoms with Crippen molar-refractivity contribution in [2.75, 3.05) is 11.3 Å². The monoisotopic (exact) mass is 708 g/mol. The molecular formula is C37H40N8O5S. The highest BCUT2D eigenvalue weighted by molar-refractivity contribution is 7.92. The van der Waals surface area contributed by atoms with Gasteiger partial charge in [0.05, 0.1) is 28.0 Å². The molecule has 0 aliphatic heterocycles. The maximum atomic E-state index is 13.4. The zero-order chi connectivity index (χ0) is 35.5. The van der Waals surface area contributed by atoms with Crippen molar-refractivity contribution in [3.05, 3.63) is 82.9 Å². The van der Waals surface area contributed by atoms with Crippen molar-refractivity contribution in [3.63, 3.8) is 0 Å². The molecular weight excluding hydrogens is 669 g/mol. The van der Waals surface area contributed by atoms with Gasteiger partial charge in [0.25, 0.3) is 10.0 Å². The first kappa shape index (κ1) is 33.2. The zero-order valence-corrected chi connectivity index (χ0v) is 29.6. The minimum Gasteiger partial charge on any atom is -0.478 e. The van der Waals surface area contributed by atoms with Crippen molar-refractivity contribution >= 4 is 33.2 Å². The van der Waals surface area contributed by atoms with Crippen LogP contribution in [0, 0.1) is 25.2 Å². The molecule has 9 rings (SSSR count). The molecule has 51 heavy (non-hydrogen) atoms. The van der Waals surface area contributed by atoms with Crippen LogP contribution in [0.15, 0.2) is 59.6 Å². The number of carboxylic acid groups (broad SMARTS) is 1. The molecule has 0 saturated heterocycles. The highest BCUT2D eigenvalue weighted by atomic mass is 32.2. The molecule has 264 valence electrons. The summed E-state index contributed by atoms with van der Waals surface area (Å²) in [6, 6.07) is 12.7. The first-order chi connectivity index (χ1) is 24.4. The molecule has 0 spiro atoms. The van der Waals surface area contributed by atoms with Gasteiger partial charge in [-0.2, -0.15) is 4.98 Å². The number of aryl methyl sites for hydroxylation is 3. The Labute approximate surface area is 296 Å². The van der Waals surface area contributed by atoms with Gasteiger partial charge in [0.1, 0.15) is 12.4 Å². The molecule has 4 saturated carbocycles. The fourth-order valence-corrected chi connectivity index (χ4v) is 8.71. The van der Waals surface area contributed by atoms with Crippen LogP contribution in [0.25, 0.3) is 22.6 Å². The molecule has 2 aromatic carbocycles. The Morgan fingerprint density at radius 1 is 1.04 bits per heavy atom. The smallest absolute Gasteiger partial charge is 0.335 e. The van der Waals surface area contributed by atoms with Crippen molar-refractivity contribution in [2.24, 2.45) is 18.4 Å². The summed E-state index contributed by atoms with van der Waals surface area (Å²) in [6.45, 7) is 4.72. The summed E-state index contributed by atoms with van der Waals surface area (Å²) in [5, 5.41) is 13.1. The van der Waals surface area contributed by atoms with Gasteiger partial charge in [0.2, 0.25) is 11.8 Å². The molecule has 3 N–H and O–H groups in total. The molecule has 5 aromatic rings. The van der Waals surface area contributed by atoms with Gasteiger partial charge < -0.3 is 19.7 Å². The van der Waals surface area contributed by atoms with Crippen LogP contribution in [-0.4, -0.2) is 61.6 Å². The minimum absolute atomic E-state index is 0.0326. The summed E-state index contributed by atoms with van der Waals surface area (Å²) >= 11 is 0. The van der Waals surface area contributed by atoms with Crippen LogP contribution >= 0.6 is 0 Å². The van der Waals surface area contributed by atoms with E-state index in [0.717, 1.165) is 65.1 Å². The molecule has 1 unspecified atom stereocenters. The molecule has 4 fully saturated rings. The number of nitrogens with zero attached hydrogens (tertiary/aromatic N) is 6. The average Bonchev–Trinajstić information content (AvgIpc) is 3.85. The molecule has 1 atom stereocenters. The number of fused-ring (bicyclic) bond motifs is 1. The lowest BCUT2D eigenvalue weighted by atomic mass is 9.43. The Kier molecular flexibility index (Phi) is 8.25. The van der Waals surface area contributed by atoms with E-state index < -0.39 is 16.0 Å². The number of carboxylic acids is 1. The summed E-state index contributed by atoms with van der Waals surface area (Å²) in [6.07, 6.45) is 8.72. The Balaban J connectivity index is 1.06. The van der Waals surface area contributed by atoms with E-state index in [1.807, 2.05) is 39.1 Å². The molecule has 4 aliphatic carbocycles. The SMILES string of the molecule is Cc1cccc(C)c1-c1cc(OCC(CC23CC(C2)C3)NCc2cnc3nc(C4CC4)n(C)c3n2)nc(NS(=O)(=O)c2cccc(C(=O)O)c2)n1. The molecule has 2 bridgehead atoms. The van der Waals surface area contributed by atoms with Gasteiger partial charge in [0.15, 0.2) is 11.3 Å². The number of nitrogens with one attached hydrogen (secondary N) is 2. The van der Waals surface area contributed by atoms with Crippen LogP contribution in [-0.2, 0) is 23.6 Å². The number of aromatic nitrogens is 6. The standard InChI is InChI=1S/C37H40N8O5S/c1-21-6-4-7-22(2)31(21)29-13-30(42-36(41-29)44-51(48,49)28-9-5-8-25(12-28)35(46)47)50-20-26(17-37-14-23(15-37)16-37)38-18-27-19-39-32-34(40-27)45(3)33(43-32)24-10-11-24/h4-9,12-13,19,23-24,26,38H,10-11,14-18,20H2,1-3H3,(H,46,47)(H,41,42,44). The molecule has 4 aliphatic rings. The topological polar surface area (TPSA) is 174 Å². The second-order valence-electron chi connectivity index (χ2n) is 14.5. The van der Waals surface area contributed by atoms with Crippen LogP contribution in [0.4, 0.5) is 5.95 Å². The minimum atomic E-state index is -4.23. The van der Waals surface area contributed by atoms with Gasteiger partial charge in [-0.3, -0.25) is 0 Å². The summed E-state index contributed by atoms with van der Waals surface area (Å²) in [5.41, 5.74) is 5.71. The van der Waals surface area contributed by atoms with Crippen LogP contribution in [0.2, 0.25) is 0 Å². The third-order valence-corrected chi connectivity index (χ3v) is 11.8. The van der Waals surface area contributed by atoms with E-state index in [1.54, 1.807) is 12.3 Å². The number of benzene rings is 2. The van der Waals surface area contributed by atoms with Crippen molar-refractivity contribution in [2.45, 2.75) is 75.8 Å². The van der Waals surface area contributed by atoms with Crippen LogP contribution in [0.1, 0.15) is 77.4 Å². The summed E-state index contributed by atoms with van der Waals surface area (Å²) in [7, 11) is -2.23. The normalized spacial score (nSPS) is 20.0. The second kappa shape index (κ2) is 12.7. The fourth-order valence-electron chi connectivity index (χ4n) is 7.72. The van der Waals surface area contributed by atoms with Gasteiger partial charge in [0, 0.05) is 37.2 Å². The largest absolute Gasteiger partial charge is 0.478 e. The number of imidazole rings is 1. The Morgan fingerprint density at radius 3 is 2.47 bits per heavy atom. The Bertz CT molecular complexity index is 2250. The van der Waals surface area contributed by atoms with E-state index in [2.05, 4.69) is 29.6 Å². The number of hydrogen-bond donors (Lipinski definition) is 3. The van der Waals surface area contributed by atoms with Crippen molar-refractivity contribution in [3.8, 4) is 17.1 Å². The van der Waals surface area contributed by atoms with Gasteiger partial charge in [-0.1, -0.05) is 24.3 Å². The third-order valence-electron chi connectivity index (χ3n) is 10.5. The maximum absolute atomic E-state index is 13.4. The van der Waals surface area contributed by atoms with Crippen molar-refractivity contribution in [1.82, 2.24) is 34.8 Å². The van der Waals surface area contributed by atoms with Gasteiger partial charge in [-0.25, -0.2) is 37.9 Å². The maximum Gasteiger partial charge on any atom is 0.335 e. The average molecular weight is 709 g/mol. The van der Waals surface area contributed by atoms with E-state index in [1.165, 1.54) is 37.5 Å². The molecule has 0 amide bonds. The first-order valence-corrected chi connectivity index (χ1v) is 18.8. The zero-order valence-electron chi connectivity index (χ0n) is 28.8.